The van der Waals surface area contributed by atoms with Gasteiger partial charge in [0.15, 0.2) is 0 Å². The second-order valence-corrected chi connectivity index (χ2v) is 5.04. The monoisotopic (exact) mass is 232 g/mol. The number of rotatable bonds is 5. The predicted octanol–water partition coefficient (Wildman–Crippen LogP) is 2.51. The van der Waals surface area contributed by atoms with Gasteiger partial charge in [0, 0.05) is 13.1 Å². The molecule has 1 aliphatic heterocycles. The van der Waals surface area contributed by atoms with Crippen LogP contribution in [0.1, 0.15) is 25.3 Å². The molecule has 0 saturated carbocycles. The lowest BCUT2D eigenvalue weighted by molar-refractivity contribution is 0.166. The van der Waals surface area contributed by atoms with E-state index in [0.29, 0.717) is 0 Å². The minimum atomic E-state index is 0.840. The van der Waals surface area contributed by atoms with Crippen LogP contribution in [0.4, 0.5) is 0 Å². The summed E-state index contributed by atoms with van der Waals surface area (Å²) in [5, 5.41) is 3.48. The molecule has 0 aromatic heterocycles. The van der Waals surface area contributed by atoms with E-state index in [1.165, 1.54) is 38.0 Å². The maximum absolute atomic E-state index is 3.48. The van der Waals surface area contributed by atoms with E-state index in [9.17, 15) is 0 Å². The fraction of sp³-hybridized carbons (Fsp3) is 0.600. The number of hydrogen-bond donors (Lipinski definition) is 1. The molecule has 94 valence electrons. The van der Waals surface area contributed by atoms with Gasteiger partial charge in [-0.05, 0) is 44.0 Å². The molecule has 0 unspecified atom stereocenters. The largest absolute Gasteiger partial charge is 0.317 e. The first-order valence-electron chi connectivity index (χ1n) is 6.85. The lowest BCUT2D eigenvalue weighted by atomic mass is 9.97. The molecule has 1 heterocycles. The summed E-state index contributed by atoms with van der Waals surface area (Å²) in [7, 11) is 0. The van der Waals surface area contributed by atoms with Crippen molar-refractivity contribution >= 4 is 0 Å². The molecule has 1 fully saturated rings. The zero-order valence-electron chi connectivity index (χ0n) is 10.9. The van der Waals surface area contributed by atoms with Crippen LogP contribution in [0.5, 0.6) is 0 Å². The fourth-order valence-corrected chi connectivity index (χ4v) is 2.65. The first-order valence-corrected chi connectivity index (χ1v) is 6.85. The Balaban J connectivity index is 1.81. The third-order valence-electron chi connectivity index (χ3n) is 3.54. The van der Waals surface area contributed by atoms with E-state index < -0.39 is 0 Å². The minimum absolute atomic E-state index is 0.840. The van der Waals surface area contributed by atoms with E-state index in [1.54, 1.807) is 0 Å². The average Bonchev–Trinajstić information content (AvgIpc) is 2.38. The quantitative estimate of drug-likeness (QED) is 0.839. The standard InChI is InChI=1S/C15H24N2/c1-2-16-11-15-9-6-10-17(13-15)12-14-7-4-3-5-8-14/h3-5,7-8,15-16H,2,6,9-13H2,1H3/t15-/m1/s1. The number of hydrogen-bond acceptors (Lipinski definition) is 2. The highest BCUT2D eigenvalue weighted by molar-refractivity contribution is 5.14. The van der Waals surface area contributed by atoms with Crippen molar-refractivity contribution in [2.45, 2.75) is 26.3 Å². The van der Waals surface area contributed by atoms with Crippen LogP contribution in [-0.4, -0.2) is 31.1 Å². The molecule has 1 aliphatic rings. The van der Waals surface area contributed by atoms with Gasteiger partial charge in [0.2, 0.25) is 0 Å². The van der Waals surface area contributed by atoms with E-state index >= 15 is 0 Å². The molecule has 1 N–H and O–H groups in total. The Kier molecular flexibility index (Phi) is 5.02. The first-order chi connectivity index (χ1) is 8.38. The Morgan fingerprint density at radius 2 is 2.12 bits per heavy atom. The number of likely N-dealkylation sites (tertiary alicyclic amines) is 1. The van der Waals surface area contributed by atoms with Crippen molar-refractivity contribution in [1.29, 1.82) is 0 Å². The SMILES string of the molecule is CCNC[C@H]1CCCN(Cc2ccccc2)C1. The normalized spacial score (nSPS) is 21.6. The third-order valence-corrected chi connectivity index (χ3v) is 3.54. The molecule has 2 nitrogen and oxygen atoms in total. The summed E-state index contributed by atoms with van der Waals surface area (Å²) in [6, 6.07) is 10.8. The molecule has 1 aromatic rings. The molecule has 0 radical (unpaired) electrons. The fourth-order valence-electron chi connectivity index (χ4n) is 2.65. The van der Waals surface area contributed by atoms with Crippen LogP contribution in [0.25, 0.3) is 0 Å². The topological polar surface area (TPSA) is 15.3 Å². The molecule has 0 bridgehead atoms. The van der Waals surface area contributed by atoms with Crippen LogP contribution < -0.4 is 5.32 Å². The molecule has 1 aromatic carbocycles. The molecule has 0 amide bonds. The molecule has 2 heteroatoms. The van der Waals surface area contributed by atoms with E-state index in [2.05, 4.69) is 47.5 Å². The predicted molar refractivity (Wildman–Crippen MR) is 73.0 cm³/mol. The Labute approximate surface area is 105 Å². The third kappa shape index (κ3) is 4.14. The number of nitrogens with zero attached hydrogens (tertiary/aromatic N) is 1. The van der Waals surface area contributed by atoms with E-state index in [0.717, 1.165) is 19.0 Å². The number of nitrogens with one attached hydrogen (secondary N) is 1. The van der Waals surface area contributed by atoms with Gasteiger partial charge in [-0.1, -0.05) is 37.3 Å². The maximum Gasteiger partial charge on any atom is 0.0233 e. The van der Waals surface area contributed by atoms with Crippen molar-refractivity contribution in [2.24, 2.45) is 5.92 Å². The Morgan fingerprint density at radius 3 is 2.88 bits per heavy atom. The van der Waals surface area contributed by atoms with Crippen LogP contribution in [0.15, 0.2) is 30.3 Å². The highest BCUT2D eigenvalue weighted by atomic mass is 15.1. The Hall–Kier alpha value is -0.860. The average molecular weight is 232 g/mol. The molecular weight excluding hydrogens is 208 g/mol. The van der Waals surface area contributed by atoms with Gasteiger partial charge < -0.3 is 5.32 Å². The Bertz CT molecular complexity index is 310. The summed E-state index contributed by atoms with van der Waals surface area (Å²) in [6.07, 6.45) is 2.74. The lowest BCUT2D eigenvalue weighted by Gasteiger charge is -2.32. The zero-order chi connectivity index (χ0) is 11.9. The molecule has 1 atom stereocenters. The smallest absolute Gasteiger partial charge is 0.0233 e. The van der Waals surface area contributed by atoms with Crippen LogP contribution in [0, 0.1) is 5.92 Å². The summed E-state index contributed by atoms with van der Waals surface area (Å²) in [5.41, 5.74) is 1.44. The molecule has 0 aliphatic carbocycles. The van der Waals surface area contributed by atoms with Gasteiger partial charge in [0.1, 0.15) is 0 Å². The van der Waals surface area contributed by atoms with Crippen molar-refractivity contribution in [3.63, 3.8) is 0 Å². The molecule has 0 spiro atoms. The highest BCUT2D eigenvalue weighted by Gasteiger charge is 2.19. The maximum atomic E-state index is 3.48. The lowest BCUT2D eigenvalue weighted by Crippen LogP contribution is -2.39. The molecular formula is C15H24N2. The zero-order valence-corrected chi connectivity index (χ0v) is 10.9. The second kappa shape index (κ2) is 6.77. The van der Waals surface area contributed by atoms with E-state index in [1.807, 2.05) is 0 Å². The second-order valence-electron chi connectivity index (χ2n) is 5.04. The summed E-state index contributed by atoms with van der Waals surface area (Å²) in [6.45, 7) is 8.09. The van der Waals surface area contributed by atoms with Crippen LogP contribution in [0.3, 0.4) is 0 Å². The van der Waals surface area contributed by atoms with Crippen molar-refractivity contribution in [3.8, 4) is 0 Å². The van der Waals surface area contributed by atoms with Gasteiger partial charge >= 0.3 is 0 Å². The molecule has 1 saturated heterocycles. The van der Waals surface area contributed by atoms with Crippen molar-refractivity contribution in [3.05, 3.63) is 35.9 Å². The van der Waals surface area contributed by atoms with Crippen LogP contribution in [0.2, 0.25) is 0 Å². The van der Waals surface area contributed by atoms with E-state index in [4.69, 9.17) is 0 Å². The number of benzene rings is 1. The summed E-state index contributed by atoms with van der Waals surface area (Å²) >= 11 is 0. The highest BCUT2D eigenvalue weighted by Crippen LogP contribution is 2.17. The van der Waals surface area contributed by atoms with Gasteiger partial charge in [-0.25, -0.2) is 0 Å². The summed E-state index contributed by atoms with van der Waals surface area (Å²) in [4.78, 5) is 2.60. The molecule has 17 heavy (non-hydrogen) atoms. The Morgan fingerprint density at radius 1 is 1.29 bits per heavy atom. The van der Waals surface area contributed by atoms with Crippen molar-refractivity contribution in [2.75, 3.05) is 26.2 Å². The van der Waals surface area contributed by atoms with Gasteiger partial charge in [-0.3, -0.25) is 4.90 Å². The minimum Gasteiger partial charge on any atom is -0.317 e. The van der Waals surface area contributed by atoms with Gasteiger partial charge in [-0.2, -0.15) is 0 Å². The molecule has 2 rings (SSSR count). The van der Waals surface area contributed by atoms with E-state index in [-0.39, 0.29) is 0 Å². The first kappa shape index (κ1) is 12.6. The van der Waals surface area contributed by atoms with Gasteiger partial charge in [-0.15, -0.1) is 0 Å². The summed E-state index contributed by atoms with van der Waals surface area (Å²) in [5.74, 6) is 0.840. The van der Waals surface area contributed by atoms with Crippen LogP contribution >= 0.6 is 0 Å². The van der Waals surface area contributed by atoms with Gasteiger partial charge in [0.05, 0.1) is 0 Å². The summed E-state index contributed by atoms with van der Waals surface area (Å²) < 4.78 is 0. The van der Waals surface area contributed by atoms with Crippen molar-refractivity contribution in [1.82, 2.24) is 10.2 Å². The number of piperidine rings is 1. The van der Waals surface area contributed by atoms with Crippen LogP contribution in [-0.2, 0) is 6.54 Å². The van der Waals surface area contributed by atoms with Gasteiger partial charge in [0.25, 0.3) is 0 Å². The van der Waals surface area contributed by atoms with Crippen molar-refractivity contribution < 1.29 is 0 Å².